The van der Waals surface area contributed by atoms with Crippen molar-refractivity contribution in [1.29, 1.82) is 0 Å². The minimum absolute atomic E-state index is 0.512. The lowest BCUT2D eigenvalue weighted by atomic mass is 10.0. The van der Waals surface area contributed by atoms with Crippen molar-refractivity contribution >= 4 is 27.5 Å². The van der Waals surface area contributed by atoms with Crippen LogP contribution in [0.2, 0.25) is 0 Å². The summed E-state index contributed by atoms with van der Waals surface area (Å²) < 4.78 is 0. The van der Waals surface area contributed by atoms with Crippen molar-refractivity contribution in [2.24, 2.45) is 0 Å². The topological polar surface area (TPSA) is 59.7 Å². The third kappa shape index (κ3) is 3.16. The predicted molar refractivity (Wildman–Crippen MR) is 117 cm³/mol. The number of likely N-dealkylation sites (N-methyl/N-ethyl adjacent to an activating group) is 1. The molecule has 2 aromatic heterocycles. The lowest BCUT2D eigenvalue weighted by Crippen LogP contribution is -2.41. The van der Waals surface area contributed by atoms with E-state index >= 15 is 0 Å². The van der Waals surface area contributed by atoms with E-state index in [1.54, 1.807) is 0 Å². The Morgan fingerprint density at radius 1 is 1.14 bits per heavy atom. The molecule has 0 radical (unpaired) electrons. The Kier molecular flexibility index (Phi) is 4.32. The molecule has 3 heterocycles. The standard InChI is InChI=1S/C23H27N5/c1-3-28-10-4-5-18(14-28)24-17-8-9-20-19(13-17)23(27-26-20)22-12-16-7-6-15(2)11-21(16)25-22/h6-9,11-13,18,24-25H,3-5,10,14H2,1-2H3,(H,26,27)/t18-/m1/s1. The van der Waals surface area contributed by atoms with E-state index < -0.39 is 0 Å². The minimum atomic E-state index is 0.512. The van der Waals surface area contributed by atoms with Crippen LogP contribution in [0, 0.1) is 6.92 Å². The lowest BCUT2D eigenvalue weighted by molar-refractivity contribution is 0.227. The summed E-state index contributed by atoms with van der Waals surface area (Å²) in [5.41, 5.74) is 6.68. The molecule has 2 aromatic carbocycles. The smallest absolute Gasteiger partial charge is 0.116 e. The number of likely N-dealkylation sites (tertiary alicyclic amines) is 1. The van der Waals surface area contributed by atoms with E-state index in [9.17, 15) is 0 Å². The molecule has 4 aromatic rings. The maximum Gasteiger partial charge on any atom is 0.116 e. The summed E-state index contributed by atoms with van der Waals surface area (Å²) in [5, 5.41) is 13.9. The Bertz CT molecular complexity index is 1120. The Hall–Kier alpha value is -2.79. The number of piperidine rings is 1. The van der Waals surface area contributed by atoms with Gasteiger partial charge < -0.3 is 15.2 Å². The molecule has 0 saturated carbocycles. The van der Waals surface area contributed by atoms with E-state index in [0.717, 1.165) is 40.9 Å². The number of aryl methyl sites for hydroxylation is 1. The summed E-state index contributed by atoms with van der Waals surface area (Å²) in [6.07, 6.45) is 2.49. The number of nitrogens with one attached hydrogen (secondary N) is 3. The molecule has 0 spiro atoms. The zero-order valence-electron chi connectivity index (χ0n) is 16.5. The first kappa shape index (κ1) is 17.3. The van der Waals surface area contributed by atoms with E-state index in [0.29, 0.717) is 6.04 Å². The normalized spacial score (nSPS) is 18.1. The van der Waals surface area contributed by atoms with Crippen molar-refractivity contribution in [2.45, 2.75) is 32.7 Å². The Balaban J connectivity index is 1.47. The molecule has 1 atom stereocenters. The highest BCUT2D eigenvalue weighted by Gasteiger charge is 2.19. The summed E-state index contributed by atoms with van der Waals surface area (Å²) in [4.78, 5) is 6.06. The quantitative estimate of drug-likeness (QED) is 0.476. The summed E-state index contributed by atoms with van der Waals surface area (Å²) in [5.74, 6) is 0. The van der Waals surface area contributed by atoms with Gasteiger partial charge in [-0.3, -0.25) is 5.10 Å². The van der Waals surface area contributed by atoms with Crippen LogP contribution in [-0.2, 0) is 0 Å². The highest BCUT2D eigenvalue weighted by atomic mass is 15.2. The van der Waals surface area contributed by atoms with Crippen molar-refractivity contribution in [3.05, 3.63) is 48.0 Å². The number of aromatic amines is 2. The van der Waals surface area contributed by atoms with Crippen molar-refractivity contribution in [3.8, 4) is 11.4 Å². The van der Waals surface area contributed by atoms with E-state index in [1.165, 1.54) is 36.0 Å². The first-order valence-electron chi connectivity index (χ1n) is 10.3. The van der Waals surface area contributed by atoms with Crippen LogP contribution in [0.5, 0.6) is 0 Å². The van der Waals surface area contributed by atoms with Crippen molar-refractivity contribution in [3.63, 3.8) is 0 Å². The van der Waals surface area contributed by atoms with Crippen LogP contribution in [0.4, 0.5) is 5.69 Å². The van der Waals surface area contributed by atoms with Crippen molar-refractivity contribution < 1.29 is 0 Å². The maximum atomic E-state index is 4.60. The van der Waals surface area contributed by atoms with Crippen LogP contribution in [0.25, 0.3) is 33.2 Å². The molecule has 28 heavy (non-hydrogen) atoms. The summed E-state index contributed by atoms with van der Waals surface area (Å²) in [6, 6.07) is 15.7. The molecule has 1 aliphatic heterocycles. The number of benzene rings is 2. The predicted octanol–water partition coefficient (Wildman–Crippen LogP) is 4.92. The number of fused-ring (bicyclic) bond motifs is 2. The Morgan fingerprint density at radius 3 is 2.96 bits per heavy atom. The summed E-state index contributed by atoms with van der Waals surface area (Å²) in [7, 11) is 0. The lowest BCUT2D eigenvalue weighted by Gasteiger charge is -2.32. The van der Waals surface area contributed by atoms with Gasteiger partial charge in [0, 0.05) is 34.6 Å². The number of anilines is 1. The molecule has 1 saturated heterocycles. The third-order valence-corrected chi connectivity index (χ3v) is 5.92. The molecule has 144 valence electrons. The van der Waals surface area contributed by atoms with Crippen LogP contribution >= 0.6 is 0 Å². The maximum absolute atomic E-state index is 4.60. The average Bonchev–Trinajstić information content (AvgIpc) is 3.31. The molecule has 5 nitrogen and oxygen atoms in total. The molecule has 1 aliphatic rings. The van der Waals surface area contributed by atoms with Gasteiger partial charge in [-0.15, -0.1) is 0 Å². The van der Waals surface area contributed by atoms with Gasteiger partial charge in [-0.05, 0) is 68.8 Å². The largest absolute Gasteiger partial charge is 0.381 e. The average molecular weight is 374 g/mol. The Morgan fingerprint density at radius 2 is 2.07 bits per heavy atom. The summed E-state index contributed by atoms with van der Waals surface area (Å²) >= 11 is 0. The molecular formula is C23H27N5. The molecule has 0 amide bonds. The number of nitrogens with zero attached hydrogens (tertiary/aromatic N) is 2. The molecule has 5 heteroatoms. The fraction of sp³-hybridized carbons (Fsp3) is 0.348. The first-order valence-corrected chi connectivity index (χ1v) is 10.3. The van der Waals surface area contributed by atoms with Gasteiger partial charge in [0.05, 0.1) is 11.2 Å². The van der Waals surface area contributed by atoms with Crippen LogP contribution < -0.4 is 5.32 Å². The molecule has 0 bridgehead atoms. The second kappa shape index (κ2) is 6.99. The van der Waals surface area contributed by atoms with Crippen LogP contribution in [0.1, 0.15) is 25.3 Å². The van der Waals surface area contributed by atoms with Gasteiger partial charge in [-0.2, -0.15) is 5.10 Å². The molecule has 5 rings (SSSR count). The minimum Gasteiger partial charge on any atom is -0.381 e. The number of hydrogen-bond acceptors (Lipinski definition) is 3. The second-order valence-corrected chi connectivity index (χ2v) is 7.98. The number of hydrogen-bond donors (Lipinski definition) is 3. The van der Waals surface area contributed by atoms with Gasteiger partial charge >= 0.3 is 0 Å². The number of aromatic nitrogens is 3. The van der Waals surface area contributed by atoms with E-state index in [2.05, 4.69) is 81.7 Å². The molecule has 3 N–H and O–H groups in total. The third-order valence-electron chi connectivity index (χ3n) is 5.92. The zero-order chi connectivity index (χ0) is 19.1. The SMILES string of the molecule is CCN1CCC[C@@H](Nc2ccc3[nH]nc(-c4cc5ccc(C)cc5[nH]4)c3c2)C1. The van der Waals surface area contributed by atoms with Crippen LogP contribution in [0.3, 0.4) is 0 Å². The van der Waals surface area contributed by atoms with Gasteiger partial charge in [-0.25, -0.2) is 0 Å². The van der Waals surface area contributed by atoms with Gasteiger partial charge in [-0.1, -0.05) is 19.1 Å². The van der Waals surface area contributed by atoms with Gasteiger partial charge in [0.15, 0.2) is 0 Å². The van der Waals surface area contributed by atoms with E-state index in [4.69, 9.17) is 0 Å². The highest BCUT2D eigenvalue weighted by molar-refractivity contribution is 5.97. The second-order valence-electron chi connectivity index (χ2n) is 7.98. The zero-order valence-corrected chi connectivity index (χ0v) is 16.5. The van der Waals surface area contributed by atoms with E-state index in [1.807, 2.05) is 0 Å². The van der Waals surface area contributed by atoms with Crippen molar-refractivity contribution in [2.75, 3.05) is 25.0 Å². The van der Waals surface area contributed by atoms with Gasteiger partial charge in [0.2, 0.25) is 0 Å². The monoisotopic (exact) mass is 373 g/mol. The van der Waals surface area contributed by atoms with E-state index in [-0.39, 0.29) is 0 Å². The van der Waals surface area contributed by atoms with Crippen molar-refractivity contribution in [1.82, 2.24) is 20.1 Å². The van der Waals surface area contributed by atoms with Crippen LogP contribution in [-0.4, -0.2) is 45.8 Å². The summed E-state index contributed by atoms with van der Waals surface area (Å²) in [6.45, 7) is 7.83. The first-order chi connectivity index (χ1) is 13.7. The molecule has 1 fully saturated rings. The Labute approximate surface area is 165 Å². The molecule has 0 unspecified atom stereocenters. The number of rotatable bonds is 4. The number of H-pyrrole nitrogens is 2. The highest BCUT2D eigenvalue weighted by Crippen LogP contribution is 2.31. The fourth-order valence-electron chi connectivity index (χ4n) is 4.37. The molecular weight excluding hydrogens is 346 g/mol. The van der Waals surface area contributed by atoms with Crippen LogP contribution in [0.15, 0.2) is 42.5 Å². The van der Waals surface area contributed by atoms with Gasteiger partial charge in [0.25, 0.3) is 0 Å². The fourth-order valence-corrected chi connectivity index (χ4v) is 4.37. The molecule has 0 aliphatic carbocycles. The van der Waals surface area contributed by atoms with Gasteiger partial charge in [0.1, 0.15) is 5.69 Å².